The highest BCUT2D eigenvalue weighted by atomic mass is 15.1. The molecule has 0 amide bonds. The first kappa shape index (κ1) is 44.2. The Labute approximate surface area is 436 Å². The summed E-state index contributed by atoms with van der Waals surface area (Å²) in [5, 5.41) is 2.70. The van der Waals surface area contributed by atoms with E-state index in [-0.39, 0.29) is 5.41 Å². The molecule has 0 saturated heterocycles. The number of anilines is 3. The molecule has 11 aromatic carbocycles. The number of hydrogen-bond donors (Lipinski definition) is 0. The minimum absolute atomic E-state index is 0.277. The van der Waals surface area contributed by atoms with Crippen LogP contribution < -0.4 is 4.90 Å². The van der Waals surface area contributed by atoms with Crippen molar-refractivity contribution in [2.75, 3.05) is 4.90 Å². The minimum Gasteiger partial charge on any atom is -0.309 e. The second-order valence-electron chi connectivity index (χ2n) is 21.0. The second kappa shape index (κ2) is 17.9. The number of benzene rings is 11. The van der Waals surface area contributed by atoms with E-state index in [2.05, 4.69) is 273 Å². The van der Waals surface area contributed by atoms with Gasteiger partial charge < -0.3 is 4.90 Å². The molecule has 11 aromatic rings. The molecule has 74 heavy (non-hydrogen) atoms. The van der Waals surface area contributed by atoms with Gasteiger partial charge in [-0.1, -0.05) is 256 Å². The fraction of sp³-hybridized carbons (Fsp3) is 0.123. The fourth-order valence-electron chi connectivity index (χ4n) is 14.0. The Balaban J connectivity index is 1.01. The van der Waals surface area contributed by atoms with Gasteiger partial charge in [0.15, 0.2) is 0 Å². The Morgan fingerprint density at radius 3 is 1.55 bits per heavy atom. The summed E-state index contributed by atoms with van der Waals surface area (Å²) in [4.78, 5) is 2.58. The molecular formula is C73H57N. The molecule has 1 unspecified atom stereocenters. The van der Waals surface area contributed by atoms with Crippen LogP contribution in [0, 0.1) is 0 Å². The Hall–Kier alpha value is -8.52. The lowest BCUT2D eigenvalue weighted by Gasteiger charge is -2.34. The maximum Gasteiger partial charge on any atom is 0.0714 e. The van der Waals surface area contributed by atoms with Gasteiger partial charge in [-0.25, -0.2) is 0 Å². The monoisotopic (exact) mass is 947 g/mol. The van der Waals surface area contributed by atoms with Crippen molar-refractivity contribution in [1.82, 2.24) is 0 Å². The van der Waals surface area contributed by atoms with E-state index in [1.165, 1.54) is 132 Å². The van der Waals surface area contributed by atoms with Crippen LogP contribution >= 0.6 is 0 Å². The van der Waals surface area contributed by atoms with Crippen LogP contribution in [0.25, 0.3) is 55.3 Å². The summed E-state index contributed by atoms with van der Waals surface area (Å²) in [7, 11) is 0. The highest BCUT2D eigenvalue weighted by molar-refractivity contribution is 6.05. The summed E-state index contributed by atoms with van der Waals surface area (Å²) < 4.78 is 0. The lowest BCUT2D eigenvalue weighted by Crippen LogP contribution is -2.28. The molecule has 0 N–H and O–H groups in total. The van der Waals surface area contributed by atoms with Crippen LogP contribution in [0.1, 0.15) is 89.5 Å². The number of hydrogen-bond acceptors (Lipinski definition) is 1. The van der Waals surface area contributed by atoms with Crippen molar-refractivity contribution in [3.05, 3.63) is 305 Å². The first-order valence-corrected chi connectivity index (χ1v) is 26.8. The maximum atomic E-state index is 2.58. The molecule has 0 aliphatic heterocycles. The van der Waals surface area contributed by atoms with Gasteiger partial charge in [0.05, 0.1) is 16.8 Å². The summed E-state index contributed by atoms with van der Waals surface area (Å²) in [6, 6.07) is 98.3. The zero-order valence-corrected chi connectivity index (χ0v) is 41.9. The van der Waals surface area contributed by atoms with Crippen LogP contribution in [0.2, 0.25) is 0 Å². The third kappa shape index (κ3) is 6.69. The highest BCUT2D eigenvalue weighted by Crippen LogP contribution is 2.61. The first-order chi connectivity index (χ1) is 36.6. The normalized spacial score (nSPS) is 16.3. The zero-order chi connectivity index (χ0) is 49.2. The molecule has 1 atom stereocenters. The van der Waals surface area contributed by atoms with Crippen LogP contribution in [0.15, 0.2) is 261 Å². The third-order valence-corrected chi connectivity index (χ3v) is 17.2. The van der Waals surface area contributed by atoms with Crippen LogP contribution in [-0.2, 0) is 10.8 Å². The molecule has 0 radical (unpaired) electrons. The van der Waals surface area contributed by atoms with E-state index < -0.39 is 5.41 Å². The Morgan fingerprint density at radius 1 is 0.351 bits per heavy atom. The summed E-state index contributed by atoms with van der Waals surface area (Å²) in [6.45, 7) is 2.41. The van der Waals surface area contributed by atoms with Crippen LogP contribution in [-0.4, -0.2) is 0 Å². The van der Waals surface area contributed by atoms with Crippen molar-refractivity contribution in [3.8, 4) is 44.5 Å². The molecule has 3 aliphatic carbocycles. The average molecular weight is 948 g/mol. The lowest BCUT2D eigenvalue weighted by molar-refractivity contribution is 0.445. The van der Waals surface area contributed by atoms with Crippen LogP contribution in [0.3, 0.4) is 0 Å². The summed E-state index contributed by atoms with van der Waals surface area (Å²) in [5.41, 5.74) is 23.4. The van der Waals surface area contributed by atoms with Gasteiger partial charge in [0.25, 0.3) is 0 Å². The predicted molar refractivity (Wildman–Crippen MR) is 310 cm³/mol. The standard InChI is InChI=1S/C73H57N/c1-72(53-28-8-3-9-29-53)63-40-17-14-35-61(63)70-58(38-22-42-65(70)72)51-46-48-56(49-47-51)74(67-44-19-16-34-59(67)60-39-21-27-52-26-20-37-57(69(52)60)50-24-6-2-7-25-50)68-45-23-43-66-71(68)62-36-15-18-41-64(62)73(66,54-30-10-4-11-31-54)55-32-12-5-13-33-55/h3-5,8-23,26-50H,2,6-7,24-25H2,1H3. The van der Waals surface area contributed by atoms with E-state index in [1.54, 1.807) is 0 Å². The second-order valence-corrected chi connectivity index (χ2v) is 21.0. The van der Waals surface area contributed by atoms with Crippen molar-refractivity contribution >= 4 is 27.8 Å². The van der Waals surface area contributed by atoms with Gasteiger partial charge in [-0.3, -0.25) is 0 Å². The number of rotatable bonds is 9. The Bertz CT molecular complexity index is 3840. The van der Waals surface area contributed by atoms with Crippen LogP contribution in [0.4, 0.5) is 17.1 Å². The molecule has 1 nitrogen and oxygen atoms in total. The molecule has 1 fully saturated rings. The number of fused-ring (bicyclic) bond motifs is 7. The quantitative estimate of drug-likeness (QED) is 0.139. The van der Waals surface area contributed by atoms with Crippen molar-refractivity contribution in [2.24, 2.45) is 0 Å². The van der Waals surface area contributed by atoms with Gasteiger partial charge in [-0.15, -0.1) is 0 Å². The minimum atomic E-state index is -0.539. The molecule has 1 saturated carbocycles. The molecule has 3 aliphatic rings. The summed E-state index contributed by atoms with van der Waals surface area (Å²) >= 11 is 0. The Kier molecular flexibility index (Phi) is 10.7. The first-order valence-electron chi connectivity index (χ1n) is 26.8. The van der Waals surface area contributed by atoms with E-state index in [0.29, 0.717) is 5.92 Å². The van der Waals surface area contributed by atoms with E-state index >= 15 is 0 Å². The zero-order valence-electron chi connectivity index (χ0n) is 41.9. The van der Waals surface area contributed by atoms with Gasteiger partial charge >= 0.3 is 0 Å². The number of nitrogens with zero attached hydrogens (tertiary/aromatic N) is 1. The molecule has 0 bridgehead atoms. The number of para-hydroxylation sites is 1. The van der Waals surface area contributed by atoms with Gasteiger partial charge in [-0.05, 0) is 139 Å². The van der Waals surface area contributed by atoms with Crippen molar-refractivity contribution in [1.29, 1.82) is 0 Å². The average Bonchev–Trinajstić information content (AvgIpc) is 4.04. The van der Waals surface area contributed by atoms with Gasteiger partial charge in [0.1, 0.15) is 0 Å². The molecule has 354 valence electrons. The van der Waals surface area contributed by atoms with E-state index in [1.807, 2.05) is 0 Å². The molecule has 0 heterocycles. The fourth-order valence-corrected chi connectivity index (χ4v) is 14.0. The third-order valence-electron chi connectivity index (χ3n) is 17.2. The summed E-state index contributed by atoms with van der Waals surface area (Å²) in [6.07, 6.45) is 6.41. The molecular weight excluding hydrogens is 891 g/mol. The van der Waals surface area contributed by atoms with Crippen molar-refractivity contribution in [2.45, 2.75) is 55.8 Å². The van der Waals surface area contributed by atoms with Gasteiger partial charge in [-0.2, -0.15) is 0 Å². The van der Waals surface area contributed by atoms with Gasteiger partial charge in [0, 0.05) is 22.2 Å². The Morgan fingerprint density at radius 2 is 0.851 bits per heavy atom. The smallest absolute Gasteiger partial charge is 0.0714 e. The van der Waals surface area contributed by atoms with E-state index in [9.17, 15) is 0 Å². The SMILES string of the molecule is CC1(c2ccccc2)c2ccccc2-c2c(-c3ccc(N(c4ccccc4-c4cccc5cccc(C6CCCCC6)c45)c4cccc5c4-c4ccccc4C5(c4ccccc4)c4ccccc4)cc3)cccc21. The topological polar surface area (TPSA) is 3.24 Å². The van der Waals surface area contributed by atoms with Gasteiger partial charge in [0.2, 0.25) is 0 Å². The van der Waals surface area contributed by atoms with E-state index in [0.717, 1.165) is 17.1 Å². The summed E-state index contributed by atoms with van der Waals surface area (Å²) in [5.74, 6) is 0.555. The molecule has 0 aromatic heterocycles. The van der Waals surface area contributed by atoms with Crippen LogP contribution in [0.5, 0.6) is 0 Å². The van der Waals surface area contributed by atoms with Crippen molar-refractivity contribution in [3.63, 3.8) is 0 Å². The van der Waals surface area contributed by atoms with Crippen molar-refractivity contribution < 1.29 is 0 Å². The largest absolute Gasteiger partial charge is 0.309 e. The van der Waals surface area contributed by atoms with E-state index in [4.69, 9.17) is 0 Å². The maximum absolute atomic E-state index is 2.58. The molecule has 1 heteroatoms. The molecule has 0 spiro atoms. The molecule has 14 rings (SSSR count). The predicted octanol–water partition coefficient (Wildman–Crippen LogP) is 19.4. The lowest BCUT2D eigenvalue weighted by atomic mass is 9.68. The highest BCUT2D eigenvalue weighted by Gasteiger charge is 2.47.